The van der Waals surface area contributed by atoms with Crippen LogP contribution in [0.1, 0.15) is 27.7 Å². The summed E-state index contributed by atoms with van der Waals surface area (Å²) in [6.45, 7) is 7.56. The first-order chi connectivity index (χ1) is 7.37. The van der Waals surface area contributed by atoms with E-state index >= 15 is 0 Å². The third-order valence-electron chi connectivity index (χ3n) is 2.34. The predicted molar refractivity (Wildman–Crippen MR) is 73.0 cm³/mol. The average Bonchev–Trinajstić information content (AvgIpc) is 2.17. The van der Waals surface area contributed by atoms with Crippen LogP contribution in [0.5, 0.6) is 0 Å². The van der Waals surface area contributed by atoms with E-state index in [1.165, 1.54) is 4.31 Å². The molecule has 98 valence electrons. The Hall–Kier alpha value is -0.580. The molecular formula is C12H20ClNO2S. The molecule has 0 N–H and O–H groups in total. The molecule has 0 aliphatic rings. The summed E-state index contributed by atoms with van der Waals surface area (Å²) in [6, 6.07) is 8.49. The molecule has 0 spiro atoms. The predicted octanol–water partition coefficient (Wildman–Crippen LogP) is 2.92. The lowest BCUT2D eigenvalue weighted by Gasteiger charge is -2.29. The molecule has 0 unspecified atom stereocenters. The summed E-state index contributed by atoms with van der Waals surface area (Å²) in [4.78, 5) is 0.359. The molecule has 0 heterocycles. The molecule has 1 rings (SSSR count). The fraction of sp³-hybridized carbons (Fsp3) is 0.500. The van der Waals surface area contributed by atoms with Crippen LogP contribution in [-0.4, -0.2) is 24.8 Å². The summed E-state index contributed by atoms with van der Waals surface area (Å²) in [7, 11) is -3.37. The van der Waals surface area contributed by atoms with Crippen molar-refractivity contribution in [2.75, 3.05) is 0 Å². The molecule has 0 bridgehead atoms. The quantitative estimate of drug-likeness (QED) is 0.849. The van der Waals surface area contributed by atoms with Crippen LogP contribution >= 0.6 is 12.4 Å². The van der Waals surface area contributed by atoms with Crippen LogP contribution in [0.15, 0.2) is 35.2 Å². The molecule has 1 aromatic carbocycles. The van der Waals surface area contributed by atoms with Crippen molar-refractivity contribution in [3.05, 3.63) is 30.3 Å². The van der Waals surface area contributed by atoms with Gasteiger partial charge in [0, 0.05) is 12.1 Å². The van der Waals surface area contributed by atoms with E-state index in [1.54, 1.807) is 24.3 Å². The second-order valence-electron chi connectivity index (χ2n) is 4.34. The number of hydrogen-bond acceptors (Lipinski definition) is 2. The number of halogens is 1. The Morgan fingerprint density at radius 1 is 0.941 bits per heavy atom. The highest BCUT2D eigenvalue weighted by Crippen LogP contribution is 2.20. The minimum absolute atomic E-state index is 0. The van der Waals surface area contributed by atoms with Gasteiger partial charge in [-0.05, 0) is 39.8 Å². The van der Waals surface area contributed by atoms with Crippen molar-refractivity contribution in [1.82, 2.24) is 4.31 Å². The normalized spacial score (nSPS) is 11.9. The van der Waals surface area contributed by atoms with Crippen molar-refractivity contribution in [3.63, 3.8) is 0 Å². The lowest BCUT2D eigenvalue weighted by Crippen LogP contribution is -2.41. The van der Waals surface area contributed by atoms with Crippen LogP contribution in [0.25, 0.3) is 0 Å². The zero-order valence-corrected chi connectivity index (χ0v) is 12.3. The smallest absolute Gasteiger partial charge is 0.207 e. The molecule has 0 saturated heterocycles. The second kappa shape index (κ2) is 6.38. The zero-order valence-electron chi connectivity index (χ0n) is 10.6. The first kappa shape index (κ1) is 16.4. The van der Waals surface area contributed by atoms with E-state index in [0.717, 1.165) is 0 Å². The lowest BCUT2D eigenvalue weighted by atomic mass is 10.3. The van der Waals surface area contributed by atoms with Gasteiger partial charge < -0.3 is 0 Å². The standard InChI is InChI=1S/C12H19NO2S.ClH/c1-10(2)13(11(3)4)16(14,15)12-8-6-5-7-9-12;/h5-11H,1-4H3;1H. The topological polar surface area (TPSA) is 37.4 Å². The SMILES string of the molecule is CC(C)N(C(C)C)S(=O)(=O)c1ccccc1.Cl. The van der Waals surface area contributed by atoms with Crippen LogP contribution < -0.4 is 0 Å². The van der Waals surface area contributed by atoms with Gasteiger partial charge in [0.1, 0.15) is 0 Å². The van der Waals surface area contributed by atoms with Crippen molar-refractivity contribution in [3.8, 4) is 0 Å². The monoisotopic (exact) mass is 277 g/mol. The van der Waals surface area contributed by atoms with E-state index in [4.69, 9.17) is 0 Å². The maximum absolute atomic E-state index is 12.3. The Morgan fingerprint density at radius 3 is 1.71 bits per heavy atom. The Kier molecular flexibility index (Phi) is 6.16. The molecule has 0 fully saturated rings. The average molecular weight is 278 g/mol. The van der Waals surface area contributed by atoms with Crippen LogP contribution in [0.3, 0.4) is 0 Å². The summed E-state index contributed by atoms with van der Waals surface area (Å²) in [5.74, 6) is 0. The third kappa shape index (κ3) is 3.69. The summed E-state index contributed by atoms with van der Waals surface area (Å²) in [5, 5.41) is 0. The molecule has 0 radical (unpaired) electrons. The molecular weight excluding hydrogens is 258 g/mol. The third-order valence-corrected chi connectivity index (χ3v) is 4.60. The van der Waals surface area contributed by atoms with Crippen molar-refractivity contribution in [2.24, 2.45) is 0 Å². The van der Waals surface area contributed by atoms with Gasteiger partial charge in [-0.2, -0.15) is 4.31 Å². The molecule has 17 heavy (non-hydrogen) atoms. The summed E-state index contributed by atoms with van der Waals surface area (Å²) >= 11 is 0. The van der Waals surface area contributed by atoms with E-state index in [2.05, 4.69) is 0 Å². The number of sulfonamides is 1. The van der Waals surface area contributed by atoms with Crippen LogP contribution in [0.4, 0.5) is 0 Å². The van der Waals surface area contributed by atoms with Crippen molar-refractivity contribution >= 4 is 22.4 Å². The fourth-order valence-corrected chi connectivity index (χ4v) is 3.72. The molecule has 0 aromatic heterocycles. The molecule has 0 atom stereocenters. The fourth-order valence-electron chi connectivity index (χ4n) is 1.87. The molecule has 0 amide bonds. The number of hydrogen-bond donors (Lipinski definition) is 0. The maximum atomic E-state index is 12.3. The van der Waals surface area contributed by atoms with Gasteiger partial charge in [-0.3, -0.25) is 0 Å². The highest BCUT2D eigenvalue weighted by molar-refractivity contribution is 7.89. The number of rotatable bonds is 4. The molecule has 3 nitrogen and oxygen atoms in total. The van der Waals surface area contributed by atoms with Crippen molar-refractivity contribution < 1.29 is 8.42 Å². The second-order valence-corrected chi connectivity index (χ2v) is 6.18. The van der Waals surface area contributed by atoms with Gasteiger partial charge in [-0.25, -0.2) is 8.42 Å². The van der Waals surface area contributed by atoms with Gasteiger partial charge >= 0.3 is 0 Å². The Bertz CT molecular complexity index is 421. The van der Waals surface area contributed by atoms with Gasteiger partial charge in [0.2, 0.25) is 10.0 Å². The zero-order chi connectivity index (χ0) is 12.3. The molecule has 0 saturated carbocycles. The summed E-state index contributed by atoms with van der Waals surface area (Å²) in [5.41, 5.74) is 0. The van der Waals surface area contributed by atoms with Crippen LogP contribution in [0, 0.1) is 0 Å². The van der Waals surface area contributed by atoms with Gasteiger partial charge in [-0.15, -0.1) is 12.4 Å². The first-order valence-electron chi connectivity index (χ1n) is 5.46. The Balaban J connectivity index is 0.00000256. The number of benzene rings is 1. The van der Waals surface area contributed by atoms with Crippen LogP contribution in [-0.2, 0) is 10.0 Å². The number of nitrogens with zero attached hydrogens (tertiary/aromatic N) is 1. The molecule has 0 aliphatic heterocycles. The van der Waals surface area contributed by atoms with E-state index in [9.17, 15) is 8.42 Å². The van der Waals surface area contributed by atoms with Crippen molar-refractivity contribution in [1.29, 1.82) is 0 Å². The van der Waals surface area contributed by atoms with Crippen molar-refractivity contribution in [2.45, 2.75) is 44.7 Å². The van der Waals surface area contributed by atoms with Crippen LogP contribution in [0.2, 0.25) is 0 Å². The molecule has 1 aromatic rings. The maximum Gasteiger partial charge on any atom is 0.243 e. The highest BCUT2D eigenvalue weighted by atomic mass is 35.5. The van der Waals surface area contributed by atoms with Gasteiger partial charge in [0.25, 0.3) is 0 Å². The van der Waals surface area contributed by atoms with Gasteiger partial charge in [-0.1, -0.05) is 18.2 Å². The Morgan fingerprint density at radius 2 is 1.35 bits per heavy atom. The summed E-state index contributed by atoms with van der Waals surface area (Å²) in [6.07, 6.45) is 0. The minimum atomic E-state index is -3.37. The van der Waals surface area contributed by atoms with Gasteiger partial charge in [0.15, 0.2) is 0 Å². The van der Waals surface area contributed by atoms with Gasteiger partial charge in [0.05, 0.1) is 4.90 Å². The molecule has 0 aliphatic carbocycles. The van der Waals surface area contributed by atoms with E-state index in [0.29, 0.717) is 4.90 Å². The molecule has 5 heteroatoms. The largest absolute Gasteiger partial charge is 0.243 e. The lowest BCUT2D eigenvalue weighted by molar-refractivity contribution is 0.302. The highest BCUT2D eigenvalue weighted by Gasteiger charge is 2.28. The van der Waals surface area contributed by atoms with E-state index < -0.39 is 10.0 Å². The Labute approximate surface area is 110 Å². The van der Waals surface area contributed by atoms with E-state index in [1.807, 2.05) is 33.8 Å². The van der Waals surface area contributed by atoms with E-state index in [-0.39, 0.29) is 24.5 Å². The minimum Gasteiger partial charge on any atom is -0.207 e. The first-order valence-corrected chi connectivity index (χ1v) is 6.90. The summed E-state index contributed by atoms with van der Waals surface area (Å²) < 4.78 is 26.2.